The quantitative estimate of drug-likeness (QED) is 0.854. The minimum atomic E-state index is -5.08. The van der Waals surface area contributed by atoms with Gasteiger partial charge in [-0.05, 0) is 31.2 Å². The fourth-order valence-corrected chi connectivity index (χ4v) is 3.45. The normalized spacial score (nSPS) is 24.7. The van der Waals surface area contributed by atoms with E-state index in [9.17, 15) is 23.1 Å². The Kier molecular flexibility index (Phi) is 5.34. The van der Waals surface area contributed by atoms with Gasteiger partial charge in [0.15, 0.2) is 0 Å². The average Bonchev–Trinajstić information content (AvgIpc) is 2.54. The molecule has 0 aliphatic heterocycles. The minimum absolute atomic E-state index is 0.133. The van der Waals surface area contributed by atoms with Gasteiger partial charge < -0.3 is 9.84 Å². The SMILES string of the molecule is CCOC(=O)C(O)(C1CCCCC1c1ccccc1)C(F)(F)F. The second kappa shape index (κ2) is 6.91. The maximum absolute atomic E-state index is 13.6. The summed E-state index contributed by atoms with van der Waals surface area (Å²) in [5.74, 6) is -3.36. The van der Waals surface area contributed by atoms with Gasteiger partial charge in [0, 0.05) is 5.92 Å². The zero-order valence-electron chi connectivity index (χ0n) is 13.0. The van der Waals surface area contributed by atoms with Crippen LogP contribution in [0.2, 0.25) is 0 Å². The van der Waals surface area contributed by atoms with Gasteiger partial charge in [0.1, 0.15) is 0 Å². The van der Waals surface area contributed by atoms with Crippen LogP contribution in [0.25, 0.3) is 0 Å². The van der Waals surface area contributed by atoms with Gasteiger partial charge in [-0.2, -0.15) is 13.2 Å². The van der Waals surface area contributed by atoms with Crippen LogP contribution in [-0.2, 0) is 9.53 Å². The highest BCUT2D eigenvalue weighted by Crippen LogP contribution is 2.49. The van der Waals surface area contributed by atoms with Crippen molar-refractivity contribution in [3.8, 4) is 0 Å². The van der Waals surface area contributed by atoms with E-state index in [0.29, 0.717) is 18.4 Å². The third kappa shape index (κ3) is 3.37. The molecule has 128 valence electrons. The average molecular weight is 330 g/mol. The van der Waals surface area contributed by atoms with Gasteiger partial charge in [0.2, 0.25) is 0 Å². The van der Waals surface area contributed by atoms with Crippen molar-refractivity contribution in [1.82, 2.24) is 0 Å². The largest absolute Gasteiger partial charge is 0.464 e. The van der Waals surface area contributed by atoms with Crippen molar-refractivity contribution in [3.05, 3.63) is 35.9 Å². The Labute approximate surface area is 133 Å². The number of aliphatic hydroxyl groups is 1. The van der Waals surface area contributed by atoms with E-state index >= 15 is 0 Å². The lowest BCUT2D eigenvalue weighted by molar-refractivity contribution is -0.283. The number of rotatable bonds is 4. The van der Waals surface area contributed by atoms with Crippen LogP contribution in [-0.4, -0.2) is 29.5 Å². The fourth-order valence-electron chi connectivity index (χ4n) is 3.45. The lowest BCUT2D eigenvalue weighted by Crippen LogP contribution is -2.60. The number of alkyl halides is 3. The van der Waals surface area contributed by atoms with Crippen molar-refractivity contribution in [2.75, 3.05) is 6.61 Å². The Morgan fingerprint density at radius 3 is 2.39 bits per heavy atom. The summed E-state index contributed by atoms with van der Waals surface area (Å²) in [5.41, 5.74) is -2.76. The lowest BCUT2D eigenvalue weighted by atomic mass is 9.67. The van der Waals surface area contributed by atoms with E-state index in [0.717, 1.165) is 6.42 Å². The van der Waals surface area contributed by atoms with Crippen LogP contribution in [0.5, 0.6) is 0 Å². The molecule has 0 spiro atoms. The maximum Gasteiger partial charge on any atom is 0.428 e. The molecule has 1 aliphatic carbocycles. The molecule has 0 heterocycles. The topological polar surface area (TPSA) is 46.5 Å². The van der Waals surface area contributed by atoms with Crippen LogP contribution in [0.1, 0.15) is 44.1 Å². The number of halogens is 3. The van der Waals surface area contributed by atoms with Crippen molar-refractivity contribution >= 4 is 5.97 Å². The number of hydrogen-bond acceptors (Lipinski definition) is 3. The number of ether oxygens (including phenoxy) is 1. The van der Waals surface area contributed by atoms with E-state index in [1.807, 2.05) is 0 Å². The van der Waals surface area contributed by atoms with Crippen LogP contribution in [0.15, 0.2) is 30.3 Å². The molecule has 3 atom stereocenters. The van der Waals surface area contributed by atoms with Crippen LogP contribution in [0, 0.1) is 5.92 Å². The monoisotopic (exact) mass is 330 g/mol. The summed E-state index contributed by atoms with van der Waals surface area (Å²) in [6.45, 7) is 1.21. The van der Waals surface area contributed by atoms with Gasteiger partial charge in [0.05, 0.1) is 6.61 Å². The van der Waals surface area contributed by atoms with Crippen LogP contribution >= 0.6 is 0 Å². The van der Waals surface area contributed by atoms with Crippen molar-refractivity contribution in [2.45, 2.75) is 50.3 Å². The third-order valence-corrected chi connectivity index (χ3v) is 4.55. The molecule has 3 unspecified atom stereocenters. The number of carbonyl (C=O) groups excluding carboxylic acids is 1. The molecule has 3 nitrogen and oxygen atoms in total. The molecule has 0 saturated heterocycles. The number of esters is 1. The molecule has 1 aromatic carbocycles. The molecule has 0 radical (unpaired) electrons. The van der Waals surface area contributed by atoms with Crippen LogP contribution in [0.3, 0.4) is 0 Å². The van der Waals surface area contributed by atoms with E-state index in [-0.39, 0.29) is 13.0 Å². The Bertz CT molecular complexity index is 530. The lowest BCUT2D eigenvalue weighted by Gasteiger charge is -2.42. The van der Waals surface area contributed by atoms with E-state index in [2.05, 4.69) is 4.74 Å². The molecule has 23 heavy (non-hydrogen) atoms. The highest BCUT2D eigenvalue weighted by molar-refractivity contribution is 5.81. The molecular formula is C17H21F3O3. The molecule has 2 rings (SSSR count). The molecule has 1 aromatic rings. The standard InChI is InChI=1S/C17H21F3O3/c1-2-23-15(21)16(22,17(18,19)20)14-11-7-6-10-13(14)12-8-4-3-5-9-12/h3-5,8-9,13-14,22H,2,6-7,10-11H2,1H3. The molecule has 1 fully saturated rings. The Morgan fingerprint density at radius 2 is 1.83 bits per heavy atom. The number of benzene rings is 1. The van der Waals surface area contributed by atoms with Crippen LogP contribution in [0.4, 0.5) is 13.2 Å². The van der Waals surface area contributed by atoms with Crippen molar-refractivity contribution < 1.29 is 27.8 Å². The van der Waals surface area contributed by atoms with Crippen LogP contribution < -0.4 is 0 Å². The third-order valence-electron chi connectivity index (χ3n) is 4.55. The number of hydrogen-bond donors (Lipinski definition) is 1. The summed E-state index contributed by atoms with van der Waals surface area (Å²) in [4.78, 5) is 12.0. The zero-order chi connectivity index (χ0) is 17.1. The molecule has 0 amide bonds. The second-order valence-corrected chi connectivity index (χ2v) is 5.89. The van der Waals surface area contributed by atoms with Gasteiger partial charge in [-0.25, -0.2) is 4.79 Å². The van der Waals surface area contributed by atoms with Crippen molar-refractivity contribution in [1.29, 1.82) is 0 Å². The first-order valence-electron chi connectivity index (χ1n) is 7.83. The molecule has 1 saturated carbocycles. The van der Waals surface area contributed by atoms with Crippen molar-refractivity contribution in [3.63, 3.8) is 0 Å². The van der Waals surface area contributed by atoms with E-state index in [4.69, 9.17) is 0 Å². The molecule has 0 aromatic heterocycles. The van der Waals surface area contributed by atoms with Gasteiger partial charge in [-0.3, -0.25) is 0 Å². The fraction of sp³-hybridized carbons (Fsp3) is 0.588. The zero-order valence-corrected chi connectivity index (χ0v) is 13.0. The molecule has 0 bridgehead atoms. The highest BCUT2D eigenvalue weighted by atomic mass is 19.4. The first-order chi connectivity index (χ1) is 10.8. The smallest absolute Gasteiger partial charge is 0.428 e. The summed E-state index contributed by atoms with van der Waals surface area (Å²) in [5, 5.41) is 10.4. The first kappa shape index (κ1) is 17.8. The molecular weight excluding hydrogens is 309 g/mol. The Morgan fingerprint density at radius 1 is 1.22 bits per heavy atom. The Hall–Kier alpha value is -1.56. The summed E-state index contributed by atoms with van der Waals surface area (Å²) in [6.07, 6.45) is -3.12. The maximum atomic E-state index is 13.6. The molecule has 1 N–H and O–H groups in total. The van der Waals surface area contributed by atoms with Gasteiger partial charge in [0.25, 0.3) is 5.60 Å². The second-order valence-electron chi connectivity index (χ2n) is 5.89. The molecule has 6 heteroatoms. The summed E-state index contributed by atoms with van der Waals surface area (Å²) >= 11 is 0. The van der Waals surface area contributed by atoms with E-state index < -0.39 is 29.6 Å². The minimum Gasteiger partial charge on any atom is -0.464 e. The van der Waals surface area contributed by atoms with Gasteiger partial charge >= 0.3 is 12.1 Å². The van der Waals surface area contributed by atoms with E-state index in [1.54, 1.807) is 30.3 Å². The summed E-state index contributed by atoms with van der Waals surface area (Å²) in [6, 6.07) is 8.76. The predicted molar refractivity (Wildman–Crippen MR) is 78.8 cm³/mol. The number of carbonyl (C=O) groups is 1. The first-order valence-corrected chi connectivity index (χ1v) is 7.83. The van der Waals surface area contributed by atoms with Gasteiger partial charge in [-0.15, -0.1) is 0 Å². The molecule has 1 aliphatic rings. The van der Waals surface area contributed by atoms with Crippen molar-refractivity contribution in [2.24, 2.45) is 5.92 Å². The summed E-state index contributed by atoms with van der Waals surface area (Å²) < 4.78 is 45.4. The highest BCUT2D eigenvalue weighted by Gasteiger charge is 2.66. The Balaban J connectivity index is 2.44. The van der Waals surface area contributed by atoms with E-state index in [1.165, 1.54) is 6.92 Å². The summed E-state index contributed by atoms with van der Waals surface area (Å²) in [7, 11) is 0. The van der Waals surface area contributed by atoms with Gasteiger partial charge in [-0.1, -0.05) is 43.2 Å². The predicted octanol–water partition coefficient (Wildman–Crippen LogP) is 3.82.